The first-order valence-corrected chi connectivity index (χ1v) is 4.01. The van der Waals surface area contributed by atoms with Crippen molar-refractivity contribution in [3.8, 4) is 5.75 Å². The van der Waals surface area contributed by atoms with Crippen molar-refractivity contribution in [1.82, 2.24) is 5.43 Å². The van der Waals surface area contributed by atoms with Crippen molar-refractivity contribution >= 4 is 5.97 Å². The van der Waals surface area contributed by atoms with Crippen molar-refractivity contribution < 1.29 is 15.0 Å². The highest BCUT2D eigenvalue weighted by atomic mass is 16.4. The Hall–Kier alpha value is -1.59. The minimum absolute atomic E-state index is 0.00484. The Labute approximate surface area is 81.1 Å². The largest absolute Gasteiger partial charge is 0.508 e. The van der Waals surface area contributed by atoms with E-state index in [0.29, 0.717) is 5.56 Å². The Morgan fingerprint density at radius 3 is 2.64 bits per heavy atom. The Morgan fingerprint density at radius 1 is 1.57 bits per heavy atom. The monoisotopic (exact) mass is 196 g/mol. The minimum atomic E-state index is -1.39. The Bertz CT molecular complexity index is 354. The van der Waals surface area contributed by atoms with Crippen molar-refractivity contribution in [3.05, 3.63) is 29.8 Å². The molecule has 0 fully saturated rings. The number of nitrogens with one attached hydrogen (secondary N) is 1. The number of nitrogens with two attached hydrogens (primary N) is 1. The van der Waals surface area contributed by atoms with E-state index in [2.05, 4.69) is 5.43 Å². The molecule has 0 saturated carbocycles. The maximum Gasteiger partial charge on any atom is 0.329 e. The fourth-order valence-corrected chi connectivity index (χ4v) is 1.09. The van der Waals surface area contributed by atoms with E-state index < -0.39 is 11.5 Å². The Kier molecular flexibility index (Phi) is 2.73. The molecule has 1 atom stereocenters. The average molecular weight is 196 g/mol. The number of carbonyl (C=O) groups is 1. The summed E-state index contributed by atoms with van der Waals surface area (Å²) in [7, 11) is 0. The van der Waals surface area contributed by atoms with Crippen LogP contribution in [0.4, 0.5) is 0 Å². The van der Waals surface area contributed by atoms with Gasteiger partial charge in [-0.05, 0) is 24.6 Å². The average Bonchev–Trinajstić information content (AvgIpc) is 2.16. The second-order valence-corrected chi connectivity index (χ2v) is 3.12. The molecule has 0 saturated heterocycles. The van der Waals surface area contributed by atoms with Gasteiger partial charge in [0.05, 0.1) is 0 Å². The SMILES string of the molecule is CC(NN)(C(=O)O)c1cccc(O)c1. The van der Waals surface area contributed by atoms with Crippen LogP contribution < -0.4 is 11.3 Å². The fourth-order valence-electron chi connectivity index (χ4n) is 1.09. The number of rotatable bonds is 3. The number of hydrazine groups is 1. The quantitative estimate of drug-likeness (QED) is 0.408. The molecular weight excluding hydrogens is 184 g/mol. The predicted molar refractivity (Wildman–Crippen MR) is 50.4 cm³/mol. The number of aromatic hydroxyl groups is 1. The molecular formula is C9H12N2O3. The zero-order valence-corrected chi connectivity index (χ0v) is 7.69. The van der Waals surface area contributed by atoms with E-state index in [-0.39, 0.29) is 5.75 Å². The van der Waals surface area contributed by atoms with Gasteiger partial charge in [-0.2, -0.15) is 0 Å². The summed E-state index contributed by atoms with van der Waals surface area (Å²) in [5.41, 5.74) is 1.22. The predicted octanol–water partition coefficient (Wildman–Crippen LogP) is 0.155. The lowest BCUT2D eigenvalue weighted by Gasteiger charge is -2.24. The normalized spacial score (nSPS) is 14.7. The first-order chi connectivity index (χ1) is 6.50. The first-order valence-electron chi connectivity index (χ1n) is 4.01. The summed E-state index contributed by atoms with van der Waals surface area (Å²) in [6.07, 6.45) is 0. The van der Waals surface area contributed by atoms with Crippen LogP contribution in [0.25, 0.3) is 0 Å². The summed E-state index contributed by atoms with van der Waals surface area (Å²) in [4.78, 5) is 10.9. The molecule has 5 heteroatoms. The van der Waals surface area contributed by atoms with Gasteiger partial charge in [-0.15, -0.1) is 0 Å². The number of benzene rings is 1. The second kappa shape index (κ2) is 3.65. The third-order valence-corrected chi connectivity index (χ3v) is 2.14. The summed E-state index contributed by atoms with van der Waals surface area (Å²) < 4.78 is 0. The van der Waals surface area contributed by atoms with Crippen molar-refractivity contribution in [3.63, 3.8) is 0 Å². The standard InChI is InChI=1S/C9H12N2O3/c1-9(11-10,8(13)14)6-3-2-4-7(12)5-6/h2-5,11-12H,10H2,1H3,(H,13,14). The van der Waals surface area contributed by atoms with Gasteiger partial charge < -0.3 is 10.2 Å². The number of carboxylic acids is 1. The number of phenols is 1. The van der Waals surface area contributed by atoms with Crippen molar-refractivity contribution in [2.45, 2.75) is 12.5 Å². The second-order valence-electron chi connectivity index (χ2n) is 3.12. The molecule has 0 heterocycles. The molecule has 1 aromatic rings. The molecule has 0 aliphatic carbocycles. The van der Waals surface area contributed by atoms with Gasteiger partial charge in [-0.3, -0.25) is 5.84 Å². The number of phenolic OH excluding ortho intramolecular Hbond substituents is 1. The highest BCUT2D eigenvalue weighted by molar-refractivity contribution is 5.80. The number of hydrogen-bond donors (Lipinski definition) is 4. The van der Waals surface area contributed by atoms with E-state index in [1.807, 2.05) is 0 Å². The lowest BCUT2D eigenvalue weighted by Crippen LogP contribution is -2.50. The molecule has 0 spiro atoms. The zero-order chi connectivity index (χ0) is 10.8. The molecule has 5 nitrogen and oxygen atoms in total. The molecule has 0 aliphatic rings. The Morgan fingerprint density at radius 2 is 2.21 bits per heavy atom. The molecule has 76 valence electrons. The van der Waals surface area contributed by atoms with Crippen LogP contribution in [0.15, 0.2) is 24.3 Å². The lowest BCUT2D eigenvalue weighted by molar-refractivity contribution is -0.144. The van der Waals surface area contributed by atoms with Crippen molar-refractivity contribution in [2.24, 2.45) is 5.84 Å². The minimum Gasteiger partial charge on any atom is -0.508 e. The van der Waals surface area contributed by atoms with Crippen LogP contribution in [0, 0.1) is 0 Å². The van der Waals surface area contributed by atoms with E-state index >= 15 is 0 Å². The third-order valence-electron chi connectivity index (χ3n) is 2.14. The molecule has 0 aliphatic heterocycles. The van der Waals surface area contributed by atoms with Gasteiger partial charge >= 0.3 is 5.97 Å². The number of hydrogen-bond acceptors (Lipinski definition) is 4. The summed E-state index contributed by atoms with van der Waals surface area (Å²) in [6, 6.07) is 5.95. The smallest absolute Gasteiger partial charge is 0.329 e. The van der Waals surface area contributed by atoms with Crippen molar-refractivity contribution in [1.29, 1.82) is 0 Å². The van der Waals surface area contributed by atoms with Crippen LogP contribution in [0.1, 0.15) is 12.5 Å². The maximum absolute atomic E-state index is 10.9. The molecule has 5 N–H and O–H groups in total. The van der Waals surface area contributed by atoms with Crippen LogP contribution in [-0.4, -0.2) is 16.2 Å². The third kappa shape index (κ3) is 1.68. The van der Waals surface area contributed by atoms with E-state index in [0.717, 1.165) is 0 Å². The van der Waals surface area contributed by atoms with Crippen LogP contribution in [0.5, 0.6) is 5.75 Å². The summed E-state index contributed by atoms with van der Waals surface area (Å²) >= 11 is 0. The first kappa shape index (κ1) is 10.5. The molecule has 0 amide bonds. The lowest BCUT2D eigenvalue weighted by atomic mass is 9.93. The number of aliphatic carboxylic acids is 1. The van der Waals surface area contributed by atoms with Gasteiger partial charge in [0.25, 0.3) is 0 Å². The topological polar surface area (TPSA) is 95.6 Å². The zero-order valence-electron chi connectivity index (χ0n) is 7.69. The fraction of sp³-hybridized carbons (Fsp3) is 0.222. The van der Waals surface area contributed by atoms with E-state index in [9.17, 15) is 9.90 Å². The van der Waals surface area contributed by atoms with Gasteiger partial charge in [-0.1, -0.05) is 12.1 Å². The molecule has 1 unspecified atom stereocenters. The Balaban J connectivity index is 3.19. The molecule has 0 aromatic heterocycles. The van der Waals surface area contributed by atoms with Crippen LogP contribution in [0.2, 0.25) is 0 Å². The molecule has 0 radical (unpaired) electrons. The van der Waals surface area contributed by atoms with Crippen LogP contribution in [0.3, 0.4) is 0 Å². The van der Waals surface area contributed by atoms with Crippen molar-refractivity contribution in [2.75, 3.05) is 0 Å². The maximum atomic E-state index is 10.9. The van der Waals surface area contributed by atoms with Crippen LogP contribution in [-0.2, 0) is 10.3 Å². The van der Waals surface area contributed by atoms with Gasteiger partial charge in [-0.25, -0.2) is 10.2 Å². The molecule has 14 heavy (non-hydrogen) atoms. The highest BCUT2D eigenvalue weighted by Gasteiger charge is 2.33. The molecule has 1 aromatic carbocycles. The van der Waals surface area contributed by atoms with E-state index in [1.165, 1.54) is 19.1 Å². The van der Waals surface area contributed by atoms with Gasteiger partial charge in [0.2, 0.25) is 0 Å². The van der Waals surface area contributed by atoms with Gasteiger partial charge in [0.15, 0.2) is 5.54 Å². The van der Waals surface area contributed by atoms with E-state index in [4.69, 9.17) is 10.9 Å². The molecule has 1 rings (SSSR count). The van der Waals surface area contributed by atoms with Gasteiger partial charge in [0, 0.05) is 0 Å². The molecule has 0 bridgehead atoms. The highest BCUT2D eigenvalue weighted by Crippen LogP contribution is 2.23. The number of carboxylic acid groups (broad SMARTS) is 1. The summed E-state index contributed by atoms with van der Waals surface area (Å²) in [5, 5.41) is 18.1. The van der Waals surface area contributed by atoms with Crippen LogP contribution >= 0.6 is 0 Å². The summed E-state index contributed by atoms with van der Waals surface area (Å²) in [6.45, 7) is 1.42. The summed E-state index contributed by atoms with van der Waals surface area (Å²) in [5.74, 6) is 4.08. The van der Waals surface area contributed by atoms with E-state index in [1.54, 1.807) is 12.1 Å². The van der Waals surface area contributed by atoms with Gasteiger partial charge in [0.1, 0.15) is 5.75 Å².